The summed E-state index contributed by atoms with van der Waals surface area (Å²) in [7, 11) is 0. The van der Waals surface area contributed by atoms with Crippen molar-refractivity contribution in [1.82, 2.24) is 5.32 Å². The fraction of sp³-hybridized carbons (Fsp3) is 0.714. The maximum Gasteiger partial charge on any atom is 0.118 e. The summed E-state index contributed by atoms with van der Waals surface area (Å²) in [5, 5.41) is 3.36. The Labute approximate surface area is 110 Å². The van der Waals surface area contributed by atoms with Crippen LogP contribution in [0.2, 0.25) is 0 Å². The first kappa shape index (κ1) is 14.7. The maximum absolute atomic E-state index is 5.76. The number of thioether (sulfide) groups is 1. The van der Waals surface area contributed by atoms with E-state index in [2.05, 4.69) is 45.1 Å². The first-order valence-electron chi connectivity index (χ1n) is 6.46. The molecule has 1 N–H and O–H groups in total. The fourth-order valence-electron chi connectivity index (χ4n) is 1.39. The van der Waals surface area contributed by atoms with Gasteiger partial charge in [-0.15, -0.1) is 0 Å². The van der Waals surface area contributed by atoms with E-state index in [1.165, 1.54) is 12.2 Å². The minimum absolute atomic E-state index is 0.504. The van der Waals surface area contributed by atoms with Gasteiger partial charge in [0, 0.05) is 6.04 Å². The zero-order valence-corrected chi connectivity index (χ0v) is 12.3. The van der Waals surface area contributed by atoms with Crippen molar-refractivity contribution in [2.24, 2.45) is 5.92 Å². The van der Waals surface area contributed by atoms with Crippen molar-refractivity contribution in [3.8, 4) is 0 Å². The van der Waals surface area contributed by atoms with E-state index in [0.29, 0.717) is 6.04 Å². The monoisotopic (exact) mass is 255 g/mol. The normalized spacial score (nSPS) is 11.6. The van der Waals surface area contributed by atoms with Crippen molar-refractivity contribution >= 4 is 11.8 Å². The van der Waals surface area contributed by atoms with E-state index in [9.17, 15) is 0 Å². The van der Waals surface area contributed by atoms with Gasteiger partial charge in [0.1, 0.15) is 11.5 Å². The molecule has 1 aromatic heterocycles. The molecule has 0 aliphatic carbocycles. The average Bonchev–Trinajstić information content (AvgIpc) is 2.69. The van der Waals surface area contributed by atoms with Gasteiger partial charge in [-0.1, -0.05) is 27.7 Å². The molecule has 1 heterocycles. The summed E-state index contributed by atoms with van der Waals surface area (Å²) in [6.45, 7) is 9.65. The van der Waals surface area contributed by atoms with Crippen LogP contribution < -0.4 is 5.32 Å². The van der Waals surface area contributed by atoms with E-state index in [-0.39, 0.29) is 0 Å². The second kappa shape index (κ2) is 7.83. The second-order valence-electron chi connectivity index (χ2n) is 5.14. The quantitative estimate of drug-likeness (QED) is 0.709. The van der Waals surface area contributed by atoms with E-state index in [1.807, 2.05) is 11.8 Å². The molecule has 0 atom stereocenters. The number of hydrogen-bond acceptors (Lipinski definition) is 3. The summed E-state index contributed by atoms with van der Waals surface area (Å²) in [4.78, 5) is 0. The van der Waals surface area contributed by atoms with E-state index < -0.39 is 0 Å². The van der Waals surface area contributed by atoms with Crippen LogP contribution in [0.25, 0.3) is 0 Å². The van der Waals surface area contributed by atoms with E-state index in [4.69, 9.17) is 4.42 Å². The number of rotatable bonds is 8. The van der Waals surface area contributed by atoms with Crippen LogP contribution in [0.15, 0.2) is 16.5 Å². The SMILES string of the molecule is CC(C)CCSCc1ccc(CNC(C)C)o1. The molecule has 0 radical (unpaired) electrons. The highest BCUT2D eigenvalue weighted by atomic mass is 32.2. The third kappa shape index (κ3) is 6.79. The van der Waals surface area contributed by atoms with Crippen molar-refractivity contribution in [3.63, 3.8) is 0 Å². The minimum Gasteiger partial charge on any atom is -0.464 e. The van der Waals surface area contributed by atoms with Gasteiger partial charge in [0.15, 0.2) is 0 Å². The summed E-state index contributed by atoms with van der Waals surface area (Å²) < 4.78 is 5.76. The molecule has 3 heteroatoms. The van der Waals surface area contributed by atoms with Crippen molar-refractivity contribution < 1.29 is 4.42 Å². The zero-order chi connectivity index (χ0) is 12.7. The van der Waals surface area contributed by atoms with Crippen molar-refractivity contribution in [2.45, 2.75) is 52.5 Å². The van der Waals surface area contributed by atoms with Gasteiger partial charge in [0.25, 0.3) is 0 Å². The Balaban J connectivity index is 2.21. The number of hydrogen-bond donors (Lipinski definition) is 1. The van der Waals surface area contributed by atoms with Crippen LogP contribution in [-0.2, 0) is 12.3 Å². The van der Waals surface area contributed by atoms with Gasteiger partial charge in [0.05, 0.1) is 12.3 Å². The largest absolute Gasteiger partial charge is 0.464 e. The molecule has 1 aromatic rings. The van der Waals surface area contributed by atoms with Gasteiger partial charge in [-0.25, -0.2) is 0 Å². The third-order valence-corrected chi connectivity index (χ3v) is 3.50. The lowest BCUT2D eigenvalue weighted by Crippen LogP contribution is -2.21. The molecular formula is C14H25NOS. The van der Waals surface area contributed by atoms with Crippen LogP contribution in [0.4, 0.5) is 0 Å². The summed E-state index contributed by atoms with van der Waals surface area (Å²) in [6, 6.07) is 4.68. The molecule has 17 heavy (non-hydrogen) atoms. The van der Waals surface area contributed by atoms with Crippen LogP contribution in [0.5, 0.6) is 0 Å². The average molecular weight is 255 g/mol. The highest BCUT2D eigenvalue weighted by molar-refractivity contribution is 7.98. The molecule has 1 rings (SSSR count). The van der Waals surface area contributed by atoms with Crippen LogP contribution in [0.1, 0.15) is 45.6 Å². The number of nitrogens with one attached hydrogen (secondary N) is 1. The highest BCUT2D eigenvalue weighted by Crippen LogP contribution is 2.17. The Kier molecular flexibility index (Phi) is 6.75. The smallest absolute Gasteiger partial charge is 0.118 e. The Morgan fingerprint density at radius 3 is 2.53 bits per heavy atom. The standard InChI is InChI=1S/C14H25NOS/c1-11(2)7-8-17-10-14-6-5-13(16-14)9-15-12(3)4/h5-6,11-12,15H,7-10H2,1-4H3. The van der Waals surface area contributed by atoms with Gasteiger partial charge in [0.2, 0.25) is 0 Å². The van der Waals surface area contributed by atoms with Crippen molar-refractivity contribution in [1.29, 1.82) is 0 Å². The van der Waals surface area contributed by atoms with Crippen molar-refractivity contribution in [2.75, 3.05) is 5.75 Å². The predicted octanol–water partition coefficient (Wildman–Crippen LogP) is 4.06. The Hall–Kier alpha value is -0.410. The molecule has 0 saturated carbocycles. The lowest BCUT2D eigenvalue weighted by atomic mass is 10.2. The Morgan fingerprint density at radius 2 is 1.88 bits per heavy atom. The molecule has 0 spiro atoms. The van der Waals surface area contributed by atoms with Gasteiger partial charge in [-0.2, -0.15) is 11.8 Å². The van der Waals surface area contributed by atoms with Gasteiger partial charge in [-0.3, -0.25) is 0 Å². The van der Waals surface area contributed by atoms with Crippen molar-refractivity contribution in [3.05, 3.63) is 23.7 Å². The summed E-state index contributed by atoms with van der Waals surface area (Å²) in [6.07, 6.45) is 1.28. The van der Waals surface area contributed by atoms with Crippen LogP contribution in [0.3, 0.4) is 0 Å². The molecule has 0 aromatic carbocycles. The Bertz CT molecular complexity index is 307. The molecule has 98 valence electrons. The van der Waals surface area contributed by atoms with Gasteiger partial charge < -0.3 is 9.73 Å². The highest BCUT2D eigenvalue weighted by Gasteiger charge is 2.03. The molecular weight excluding hydrogens is 230 g/mol. The van der Waals surface area contributed by atoms with Crippen LogP contribution in [0, 0.1) is 5.92 Å². The molecule has 0 unspecified atom stereocenters. The summed E-state index contributed by atoms with van der Waals surface area (Å²) >= 11 is 1.96. The van der Waals surface area contributed by atoms with E-state index in [0.717, 1.165) is 29.7 Å². The summed E-state index contributed by atoms with van der Waals surface area (Å²) in [5.74, 6) is 5.15. The third-order valence-electron chi connectivity index (χ3n) is 2.49. The molecule has 0 saturated heterocycles. The van der Waals surface area contributed by atoms with Crippen LogP contribution in [-0.4, -0.2) is 11.8 Å². The van der Waals surface area contributed by atoms with Crippen LogP contribution >= 0.6 is 11.8 Å². The fourth-order valence-corrected chi connectivity index (χ4v) is 2.53. The topological polar surface area (TPSA) is 25.2 Å². The lowest BCUT2D eigenvalue weighted by molar-refractivity contribution is 0.445. The maximum atomic E-state index is 5.76. The van der Waals surface area contributed by atoms with E-state index >= 15 is 0 Å². The number of furan rings is 1. The van der Waals surface area contributed by atoms with Gasteiger partial charge in [-0.05, 0) is 30.2 Å². The molecule has 0 bridgehead atoms. The molecule has 0 aliphatic heterocycles. The zero-order valence-electron chi connectivity index (χ0n) is 11.5. The first-order valence-corrected chi connectivity index (χ1v) is 7.62. The molecule has 0 aliphatic rings. The van der Waals surface area contributed by atoms with E-state index in [1.54, 1.807) is 0 Å². The second-order valence-corrected chi connectivity index (χ2v) is 6.24. The molecule has 0 amide bonds. The Morgan fingerprint density at radius 1 is 1.18 bits per heavy atom. The molecule has 0 fully saturated rings. The minimum atomic E-state index is 0.504. The molecule has 2 nitrogen and oxygen atoms in total. The first-order chi connectivity index (χ1) is 8.08. The summed E-state index contributed by atoms with van der Waals surface area (Å²) in [5.41, 5.74) is 0. The lowest BCUT2D eigenvalue weighted by Gasteiger charge is -2.05. The van der Waals surface area contributed by atoms with Gasteiger partial charge >= 0.3 is 0 Å². The predicted molar refractivity (Wildman–Crippen MR) is 76.3 cm³/mol.